The summed E-state index contributed by atoms with van der Waals surface area (Å²) in [5.74, 6) is -0.0711. The standard InChI is InChI=1S/C20H23Cl2N3O2/c21-18-12-17(13-19(22)14-18)20(26)25(15-16-2-4-23-5-3-16)7-1-6-24-8-10-27-11-9-24/h2-5,12-14H,1,6-11,15H2. The molecule has 5 nitrogen and oxygen atoms in total. The van der Waals surface area contributed by atoms with E-state index in [4.69, 9.17) is 27.9 Å². The molecule has 7 heteroatoms. The largest absolute Gasteiger partial charge is 0.379 e. The van der Waals surface area contributed by atoms with E-state index in [1.165, 1.54) is 0 Å². The summed E-state index contributed by atoms with van der Waals surface area (Å²) in [5.41, 5.74) is 1.55. The van der Waals surface area contributed by atoms with Crippen LogP contribution in [0.2, 0.25) is 10.0 Å². The van der Waals surface area contributed by atoms with Crippen molar-refractivity contribution in [2.45, 2.75) is 13.0 Å². The maximum Gasteiger partial charge on any atom is 0.254 e. The number of ether oxygens (including phenoxy) is 1. The van der Waals surface area contributed by atoms with Crippen LogP contribution in [-0.2, 0) is 11.3 Å². The van der Waals surface area contributed by atoms with Crippen molar-refractivity contribution in [1.82, 2.24) is 14.8 Å². The SMILES string of the molecule is O=C(c1cc(Cl)cc(Cl)c1)N(CCCN1CCOCC1)Cc1ccncc1. The first-order chi connectivity index (χ1) is 13.1. The number of hydrogen-bond acceptors (Lipinski definition) is 4. The molecule has 2 aromatic rings. The monoisotopic (exact) mass is 407 g/mol. The molecule has 1 aromatic carbocycles. The fourth-order valence-corrected chi connectivity index (χ4v) is 3.66. The van der Waals surface area contributed by atoms with Crippen molar-refractivity contribution < 1.29 is 9.53 Å². The Bertz CT molecular complexity index is 732. The number of hydrogen-bond donors (Lipinski definition) is 0. The highest BCUT2D eigenvalue weighted by Gasteiger charge is 2.18. The minimum absolute atomic E-state index is 0.0711. The summed E-state index contributed by atoms with van der Waals surface area (Å²) < 4.78 is 5.39. The molecule has 27 heavy (non-hydrogen) atoms. The van der Waals surface area contributed by atoms with Crippen LogP contribution in [0, 0.1) is 0 Å². The van der Waals surface area contributed by atoms with E-state index in [0.717, 1.165) is 44.8 Å². The van der Waals surface area contributed by atoms with Gasteiger partial charge in [0.05, 0.1) is 13.2 Å². The van der Waals surface area contributed by atoms with Crippen molar-refractivity contribution in [2.24, 2.45) is 0 Å². The van der Waals surface area contributed by atoms with Gasteiger partial charge < -0.3 is 9.64 Å². The number of carbonyl (C=O) groups is 1. The number of nitrogens with zero attached hydrogens (tertiary/aromatic N) is 3. The molecule has 0 spiro atoms. The molecular formula is C20H23Cl2N3O2. The fraction of sp³-hybridized carbons (Fsp3) is 0.400. The topological polar surface area (TPSA) is 45.7 Å². The van der Waals surface area contributed by atoms with Gasteiger partial charge in [0.1, 0.15) is 0 Å². The lowest BCUT2D eigenvalue weighted by atomic mass is 10.1. The summed E-state index contributed by atoms with van der Waals surface area (Å²) in [5, 5.41) is 0.922. The van der Waals surface area contributed by atoms with Gasteiger partial charge in [0.2, 0.25) is 0 Å². The fourth-order valence-electron chi connectivity index (χ4n) is 3.13. The van der Waals surface area contributed by atoms with E-state index in [1.54, 1.807) is 30.6 Å². The van der Waals surface area contributed by atoms with Crippen LogP contribution < -0.4 is 0 Å². The van der Waals surface area contributed by atoms with Gasteiger partial charge in [-0.05, 0) is 42.3 Å². The molecule has 0 atom stereocenters. The van der Waals surface area contributed by atoms with Crippen LogP contribution in [0.4, 0.5) is 0 Å². The second-order valence-corrected chi connectivity index (χ2v) is 7.42. The third kappa shape index (κ3) is 6.18. The molecule has 1 aliphatic heterocycles. The molecule has 0 unspecified atom stereocenters. The molecule has 144 valence electrons. The van der Waals surface area contributed by atoms with E-state index in [2.05, 4.69) is 9.88 Å². The van der Waals surface area contributed by atoms with Gasteiger partial charge in [-0.25, -0.2) is 0 Å². The zero-order valence-corrected chi connectivity index (χ0v) is 16.6. The Morgan fingerprint density at radius 1 is 1.11 bits per heavy atom. The van der Waals surface area contributed by atoms with Gasteiger partial charge in [0.15, 0.2) is 0 Å². The average molecular weight is 408 g/mol. The van der Waals surface area contributed by atoms with Crippen LogP contribution in [0.1, 0.15) is 22.3 Å². The van der Waals surface area contributed by atoms with Gasteiger partial charge in [0, 0.05) is 60.7 Å². The van der Waals surface area contributed by atoms with Crippen molar-refractivity contribution in [2.75, 3.05) is 39.4 Å². The van der Waals surface area contributed by atoms with Crippen LogP contribution in [0.3, 0.4) is 0 Å². The Hall–Kier alpha value is -1.66. The van der Waals surface area contributed by atoms with Gasteiger partial charge in [-0.2, -0.15) is 0 Å². The Morgan fingerprint density at radius 2 is 1.78 bits per heavy atom. The molecule has 2 heterocycles. The minimum Gasteiger partial charge on any atom is -0.379 e. The zero-order chi connectivity index (χ0) is 19.1. The van der Waals surface area contributed by atoms with Crippen molar-refractivity contribution in [3.8, 4) is 0 Å². The van der Waals surface area contributed by atoms with E-state index in [0.29, 0.717) is 28.7 Å². The van der Waals surface area contributed by atoms with Crippen molar-refractivity contribution >= 4 is 29.1 Å². The predicted octanol–water partition coefficient (Wildman–Crippen LogP) is 3.75. The van der Waals surface area contributed by atoms with Gasteiger partial charge in [-0.1, -0.05) is 23.2 Å². The number of amides is 1. The zero-order valence-electron chi connectivity index (χ0n) is 15.1. The molecule has 1 aliphatic rings. The smallest absolute Gasteiger partial charge is 0.254 e. The Kier molecular flexibility index (Phi) is 7.47. The maximum absolute atomic E-state index is 13.1. The Morgan fingerprint density at radius 3 is 2.44 bits per heavy atom. The predicted molar refractivity (Wildman–Crippen MR) is 107 cm³/mol. The molecule has 0 N–H and O–H groups in total. The molecule has 0 bridgehead atoms. The van der Waals surface area contributed by atoms with Crippen LogP contribution in [-0.4, -0.2) is 60.1 Å². The van der Waals surface area contributed by atoms with Crippen LogP contribution in [0.5, 0.6) is 0 Å². The number of carbonyl (C=O) groups excluding carboxylic acids is 1. The molecular weight excluding hydrogens is 385 g/mol. The number of aromatic nitrogens is 1. The number of pyridine rings is 1. The second kappa shape index (κ2) is 10.0. The summed E-state index contributed by atoms with van der Waals surface area (Å²) in [4.78, 5) is 21.4. The third-order valence-corrected chi connectivity index (χ3v) is 4.96. The molecule has 0 aliphatic carbocycles. The van der Waals surface area contributed by atoms with E-state index in [1.807, 2.05) is 17.0 Å². The Labute approximate surface area is 169 Å². The summed E-state index contributed by atoms with van der Waals surface area (Å²) in [6.07, 6.45) is 4.37. The van der Waals surface area contributed by atoms with Gasteiger partial charge in [0.25, 0.3) is 5.91 Å². The third-order valence-electron chi connectivity index (χ3n) is 4.53. The highest BCUT2D eigenvalue weighted by molar-refractivity contribution is 6.35. The highest BCUT2D eigenvalue weighted by atomic mass is 35.5. The molecule has 3 rings (SSSR count). The van der Waals surface area contributed by atoms with E-state index >= 15 is 0 Å². The first kappa shape index (κ1) is 20.1. The lowest BCUT2D eigenvalue weighted by molar-refractivity contribution is 0.0355. The van der Waals surface area contributed by atoms with E-state index < -0.39 is 0 Å². The normalized spacial score (nSPS) is 14.9. The number of benzene rings is 1. The quantitative estimate of drug-likeness (QED) is 0.700. The molecule has 1 amide bonds. The van der Waals surface area contributed by atoms with Crippen LogP contribution >= 0.6 is 23.2 Å². The molecule has 1 saturated heterocycles. The summed E-state index contributed by atoms with van der Waals surface area (Å²) in [6, 6.07) is 8.81. The lowest BCUT2D eigenvalue weighted by Crippen LogP contribution is -2.39. The summed E-state index contributed by atoms with van der Waals surface area (Å²) in [6.45, 7) is 5.57. The maximum atomic E-state index is 13.1. The van der Waals surface area contributed by atoms with Crippen LogP contribution in [0.15, 0.2) is 42.7 Å². The van der Waals surface area contributed by atoms with Crippen molar-refractivity contribution in [3.05, 3.63) is 63.9 Å². The first-order valence-corrected chi connectivity index (χ1v) is 9.82. The molecule has 1 aromatic heterocycles. The van der Waals surface area contributed by atoms with Crippen LogP contribution in [0.25, 0.3) is 0 Å². The molecule has 0 saturated carbocycles. The highest BCUT2D eigenvalue weighted by Crippen LogP contribution is 2.21. The lowest BCUT2D eigenvalue weighted by Gasteiger charge is -2.28. The first-order valence-electron chi connectivity index (χ1n) is 9.06. The van der Waals surface area contributed by atoms with Crippen molar-refractivity contribution in [1.29, 1.82) is 0 Å². The number of rotatable bonds is 7. The Balaban J connectivity index is 1.69. The molecule has 0 radical (unpaired) electrons. The number of morpholine rings is 1. The molecule has 1 fully saturated rings. The summed E-state index contributed by atoms with van der Waals surface area (Å²) >= 11 is 12.2. The van der Waals surface area contributed by atoms with Crippen molar-refractivity contribution in [3.63, 3.8) is 0 Å². The van der Waals surface area contributed by atoms with E-state index in [9.17, 15) is 4.79 Å². The minimum atomic E-state index is -0.0711. The van der Waals surface area contributed by atoms with E-state index in [-0.39, 0.29) is 5.91 Å². The van der Waals surface area contributed by atoms with Gasteiger partial charge >= 0.3 is 0 Å². The number of halogens is 2. The van der Waals surface area contributed by atoms with Gasteiger partial charge in [-0.15, -0.1) is 0 Å². The average Bonchev–Trinajstić information content (AvgIpc) is 2.67. The second-order valence-electron chi connectivity index (χ2n) is 6.55. The van der Waals surface area contributed by atoms with Gasteiger partial charge in [-0.3, -0.25) is 14.7 Å². The summed E-state index contributed by atoms with van der Waals surface area (Å²) in [7, 11) is 0.